The minimum absolute atomic E-state index is 0.164. The molecule has 2 rings (SSSR count). The van der Waals surface area contributed by atoms with Gasteiger partial charge in [-0.3, -0.25) is 14.3 Å². The SMILES string of the molecule is COc1ccc(CCC(=O)OCC(=O)c2ccc(NS(C)(=O)=O)cc2)cc1. The molecule has 0 aliphatic heterocycles. The maximum absolute atomic E-state index is 12.1. The van der Waals surface area contributed by atoms with Crippen LogP contribution in [-0.2, 0) is 26.0 Å². The molecule has 0 saturated heterocycles. The highest BCUT2D eigenvalue weighted by Crippen LogP contribution is 2.13. The number of rotatable bonds is 9. The number of hydrogen-bond donors (Lipinski definition) is 1. The predicted octanol–water partition coefficient (Wildman–Crippen LogP) is 2.43. The summed E-state index contributed by atoms with van der Waals surface area (Å²) in [7, 11) is -1.79. The number of ketones is 1. The number of methoxy groups -OCH3 is 1. The summed E-state index contributed by atoms with van der Waals surface area (Å²) in [5.74, 6) is -0.0853. The minimum Gasteiger partial charge on any atom is -0.497 e. The first-order valence-corrected chi connectivity index (χ1v) is 10.1. The Labute approximate surface area is 158 Å². The van der Waals surface area contributed by atoms with E-state index in [2.05, 4.69) is 4.72 Å². The van der Waals surface area contributed by atoms with E-state index in [1.165, 1.54) is 24.3 Å². The molecule has 0 spiro atoms. The Hall–Kier alpha value is -2.87. The van der Waals surface area contributed by atoms with Crippen LogP contribution in [0.3, 0.4) is 0 Å². The smallest absolute Gasteiger partial charge is 0.306 e. The second-order valence-electron chi connectivity index (χ2n) is 5.88. The average molecular weight is 391 g/mol. The fraction of sp³-hybridized carbons (Fsp3) is 0.263. The first-order valence-electron chi connectivity index (χ1n) is 8.16. The van der Waals surface area contributed by atoms with Crippen molar-refractivity contribution in [1.82, 2.24) is 0 Å². The van der Waals surface area contributed by atoms with Crippen LogP contribution in [0.25, 0.3) is 0 Å². The van der Waals surface area contributed by atoms with Crippen molar-refractivity contribution in [2.24, 2.45) is 0 Å². The molecule has 2 aromatic carbocycles. The fourth-order valence-electron chi connectivity index (χ4n) is 2.28. The first-order chi connectivity index (χ1) is 12.8. The van der Waals surface area contributed by atoms with E-state index in [1.807, 2.05) is 24.3 Å². The Morgan fingerprint density at radius 2 is 1.63 bits per heavy atom. The summed E-state index contributed by atoms with van der Waals surface area (Å²) in [6.45, 7) is -0.361. The average Bonchev–Trinajstić information content (AvgIpc) is 2.64. The van der Waals surface area contributed by atoms with E-state index < -0.39 is 16.0 Å². The van der Waals surface area contributed by atoms with Crippen molar-refractivity contribution in [3.8, 4) is 5.75 Å². The molecular weight excluding hydrogens is 370 g/mol. The number of aryl methyl sites for hydroxylation is 1. The number of carbonyl (C=O) groups is 2. The molecule has 0 saturated carbocycles. The second kappa shape index (κ2) is 9.18. The van der Waals surface area contributed by atoms with Crippen LogP contribution in [0.15, 0.2) is 48.5 Å². The van der Waals surface area contributed by atoms with Gasteiger partial charge in [-0.15, -0.1) is 0 Å². The molecule has 0 bridgehead atoms. The van der Waals surface area contributed by atoms with E-state index in [4.69, 9.17) is 9.47 Å². The molecule has 8 heteroatoms. The zero-order chi connectivity index (χ0) is 19.9. The van der Waals surface area contributed by atoms with Gasteiger partial charge in [-0.05, 0) is 48.4 Å². The van der Waals surface area contributed by atoms with Crippen LogP contribution >= 0.6 is 0 Å². The van der Waals surface area contributed by atoms with Crippen molar-refractivity contribution in [1.29, 1.82) is 0 Å². The molecule has 0 heterocycles. The van der Waals surface area contributed by atoms with Crippen LogP contribution in [0, 0.1) is 0 Å². The van der Waals surface area contributed by atoms with Gasteiger partial charge in [-0.2, -0.15) is 0 Å². The summed E-state index contributed by atoms with van der Waals surface area (Å²) < 4.78 is 34.7. The number of anilines is 1. The van der Waals surface area contributed by atoms with E-state index in [0.717, 1.165) is 17.6 Å². The number of hydrogen-bond acceptors (Lipinski definition) is 6. The summed E-state index contributed by atoms with van der Waals surface area (Å²) in [4.78, 5) is 23.9. The van der Waals surface area contributed by atoms with Crippen LogP contribution < -0.4 is 9.46 Å². The lowest BCUT2D eigenvalue weighted by molar-refractivity contribution is -0.142. The predicted molar refractivity (Wildman–Crippen MR) is 102 cm³/mol. The molecule has 0 atom stereocenters. The van der Waals surface area contributed by atoms with Crippen molar-refractivity contribution < 1.29 is 27.5 Å². The van der Waals surface area contributed by atoms with Gasteiger partial charge in [0.15, 0.2) is 12.4 Å². The third kappa shape index (κ3) is 7.10. The number of Topliss-reactive ketones (excluding diaryl/α,β-unsaturated/α-hetero) is 1. The maximum Gasteiger partial charge on any atom is 0.306 e. The van der Waals surface area contributed by atoms with Crippen molar-refractivity contribution in [3.05, 3.63) is 59.7 Å². The monoisotopic (exact) mass is 391 g/mol. The lowest BCUT2D eigenvalue weighted by Gasteiger charge is -2.07. The van der Waals surface area contributed by atoms with E-state index >= 15 is 0 Å². The van der Waals surface area contributed by atoms with E-state index in [0.29, 0.717) is 17.7 Å². The summed E-state index contributed by atoms with van der Waals surface area (Å²) in [6, 6.07) is 13.2. The van der Waals surface area contributed by atoms with Crippen molar-refractivity contribution in [2.45, 2.75) is 12.8 Å². The van der Waals surface area contributed by atoms with Gasteiger partial charge < -0.3 is 9.47 Å². The molecule has 7 nitrogen and oxygen atoms in total. The summed E-state index contributed by atoms with van der Waals surface area (Å²) in [6.07, 6.45) is 1.71. The van der Waals surface area contributed by atoms with Crippen LogP contribution in [0.1, 0.15) is 22.3 Å². The molecule has 2 aromatic rings. The highest BCUT2D eigenvalue weighted by atomic mass is 32.2. The number of sulfonamides is 1. The summed E-state index contributed by atoms with van der Waals surface area (Å²) in [5.41, 5.74) is 1.65. The first kappa shape index (κ1) is 20.4. The zero-order valence-corrected chi connectivity index (χ0v) is 15.9. The van der Waals surface area contributed by atoms with Gasteiger partial charge in [0.25, 0.3) is 0 Å². The summed E-state index contributed by atoms with van der Waals surface area (Å²) >= 11 is 0. The standard InChI is InChI=1S/C19H21NO6S/c1-25-17-10-3-14(4-11-17)5-12-19(22)26-13-18(21)15-6-8-16(9-7-15)20-27(2,23)24/h3-4,6-11,20H,5,12-13H2,1-2H3. The van der Waals surface area contributed by atoms with Crippen molar-refractivity contribution in [3.63, 3.8) is 0 Å². The molecule has 144 valence electrons. The van der Waals surface area contributed by atoms with Crippen LogP contribution in [0.4, 0.5) is 5.69 Å². The number of benzene rings is 2. The normalized spacial score (nSPS) is 10.9. The molecular formula is C19H21NO6S. The highest BCUT2D eigenvalue weighted by molar-refractivity contribution is 7.92. The van der Waals surface area contributed by atoms with Gasteiger partial charge in [0.2, 0.25) is 10.0 Å². The van der Waals surface area contributed by atoms with Gasteiger partial charge >= 0.3 is 5.97 Å². The number of ether oxygens (including phenoxy) is 2. The van der Waals surface area contributed by atoms with E-state index in [-0.39, 0.29) is 18.8 Å². The van der Waals surface area contributed by atoms with Crippen LogP contribution in [0.5, 0.6) is 5.75 Å². The topological polar surface area (TPSA) is 98.8 Å². The Morgan fingerprint density at radius 3 is 2.19 bits per heavy atom. The fourth-order valence-corrected chi connectivity index (χ4v) is 2.84. The van der Waals surface area contributed by atoms with Crippen molar-refractivity contribution >= 4 is 27.5 Å². The Balaban J connectivity index is 1.79. The third-order valence-electron chi connectivity index (χ3n) is 3.65. The molecule has 0 aliphatic carbocycles. The zero-order valence-electron chi connectivity index (χ0n) is 15.1. The summed E-state index contributed by atoms with van der Waals surface area (Å²) in [5, 5.41) is 0. The molecule has 0 fully saturated rings. The number of nitrogens with one attached hydrogen (secondary N) is 1. The van der Waals surface area contributed by atoms with Gasteiger partial charge in [0.1, 0.15) is 5.75 Å². The molecule has 0 aromatic heterocycles. The molecule has 0 aliphatic rings. The minimum atomic E-state index is -3.38. The molecule has 1 N–H and O–H groups in total. The lowest BCUT2D eigenvalue weighted by atomic mass is 10.1. The largest absolute Gasteiger partial charge is 0.497 e. The number of carbonyl (C=O) groups excluding carboxylic acids is 2. The molecule has 27 heavy (non-hydrogen) atoms. The van der Waals surface area contributed by atoms with E-state index in [1.54, 1.807) is 7.11 Å². The molecule has 0 unspecified atom stereocenters. The van der Waals surface area contributed by atoms with Gasteiger partial charge in [0.05, 0.1) is 13.4 Å². The molecule has 0 amide bonds. The van der Waals surface area contributed by atoms with Crippen LogP contribution in [0.2, 0.25) is 0 Å². The maximum atomic E-state index is 12.1. The second-order valence-corrected chi connectivity index (χ2v) is 7.63. The third-order valence-corrected chi connectivity index (χ3v) is 4.26. The van der Waals surface area contributed by atoms with E-state index in [9.17, 15) is 18.0 Å². The van der Waals surface area contributed by atoms with Gasteiger partial charge in [-0.1, -0.05) is 12.1 Å². The van der Waals surface area contributed by atoms with Crippen molar-refractivity contribution in [2.75, 3.05) is 24.7 Å². The molecule has 0 radical (unpaired) electrons. The van der Waals surface area contributed by atoms with Gasteiger partial charge in [0, 0.05) is 17.7 Å². The van der Waals surface area contributed by atoms with Crippen LogP contribution in [-0.4, -0.2) is 40.1 Å². The quantitative estimate of drug-likeness (QED) is 0.521. The number of esters is 1. The Bertz CT molecular complexity index is 889. The van der Waals surface area contributed by atoms with Gasteiger partial charge in [-0.25, -0.2) is 8.42 Å². The Kier molecular flexibility index (Phi) is 6.95. The highest BCUT2D eigenvalue weighted by Gasteiger charge is 2.11. The lowest BCUT2D eigenvalue weighted by Crippen LogP contribution is -2.15. The Morgan fingerprint density at radius 1 is 1.00 bits per heavy atom.